The van der Waals surface area contributed by atoms with Crippen molar-refractivity contribution in [1.82, 2.24) is 0 Å². The van der Waals surface area contributed by atoms with Crippen molar-refractivity contribution in [3.8, 4) is 11.5 Å². The number of rotatable bonds is 6. The molecule has 5 heteroatoms. The van der Waals surface area contributed by atoms with Gasteiger partial charge in [-0.15, -0.1) is 0 Å². The molecule has 0 aromatic heterocycles. The third-order valence-corrected chi connectivity index (χ3v) is 2.51. The van der Waals surface area contributed by atoms with Crippen LogP contribution in [0.5, 0.6) is 11.5 Å². The van der Waals surface area contributed by atoms with E-state index in [-0.39, 0.29) is 5.91 Å². The summed E-state index contributed by atoms with van der Waals surface area (Å²) in [5.74, 6) is 1.03. The van der Waals surface area contributed by atoms with Gasteiger partial charge in [0.25, 0.3) is 0 Å². The van der Waals surface area contributed by atoms with Gasteiger partial charge in [-0.05, 0) is 25.5 Å². The third-order valence-electron chi connectivity index (χ3n) is 2.51. The molecule has 0 fully saturated rings. The van der Waals surface area contributed by atoms with E-state index in [9.17, 15) is 4.79 Å². The van der Waals surface area contributed by atoms with Gasteiger partial charge in [0.2, 0.25) is 5.91 Å². The maximum atomic E-state index is 11.6. The van der Waals surface area contributed by atoms with E-state index in [1.54, 1.807) is 25.3 Å². The molecule has 0 aliphatic heterocycles. The first-order chi connectivity index (χ1) is 8.62. The molecule has 1 atom stereocenters. The van der Waals surface area contributed by atoms with Crippen molar-refractivity contribution in [2.75, 3.05) is 19.0 Å². The number of nitrogens with one attached hydrogen (secondary N) is 1. The first-order valence-electron chi connectivity index (χ1n) is 5.99. The average molecular weight is 252 g/mol. The Morgan fingerprint density at radius 1 is 1.39 bits per heavy atom. The summed E-state index contributed by atoms with van der Waals surface area (Å²) >= 11 is 0. The van der Waals surface area contributed by atoms with E-state index >= 15 is 0 Å². The zero-order valence-corrected chi connectivity index (χ0v) is 11.0. The van der Waals surface area contributed by atoms with Crippen LogP contribution in [0.2, 0.25) is 0 Å². The first kappa shape index (κ1) is 14.3. The van der Waals surface area contributed by atoms with E-state index in [0.29, 0.717) is 30.2 Å². The minimum atomic E-state index is -0.498. The Bertz CT molecular complexity index is 407. The molecule has 0 saturated carbocycles. The number of anilines is 1. The number of nitrogens with two attached hydrogens (primary N) is 1. The number of benzene rings is 1. The molecule has 1 aromatic carbocycles. The lowest BCUT2D eigenvalue weighted by molar-refractivity contribution is -0.117. The maximum Gasteiger partial charge on any atom is 0.241 e. The SMILES string of the molecule is CCOc1ccc(NC(=O)C(N)CC)cc1OC. The zero-order valence-electron chi connectivity index (χ0n) is 11.0. The summed E-state index contributed by atoms with van der Waals surface area (Å²) in [6.45, 7) is 4.32. The highest BCUT2D eigenvalue weighted by molar-refractivity contribution is 5.94. The van der Waals surface area contributed by atoms with Gasteiger partial charge in [-0.2, -0.15) is 0 Å². The van der Waals surface area contributed by atoms with Gasteiger partial charge in [0.1, 0.15) is 0 Å². The van der Waals surface area contributed by atoms with Crippen molar-refractivity contribution in [2.45, 2.75) is 26.3 Å². The normalized spacial score (nSPS) is 11.8. The van der Waals surface area contributed by atoms with Crippen molar-refractivity contribution in [1.29, 1.82) is 0 Å². The molecule has 5 nitrogen and oxygen atoms in total. The highest BCUT2D eigenvalue weighted by Gasteiger charge is 2.12. The minimum Gasteiger partial charge on any atom is -0.493 e. The molecule has 100 valence electrons. The first-order valence-corrected chi connectivity index (χ1v) is 5.99. The molecular weight excluding hydrogens is 232 g/mol. The van der Waals surface area contributed by atoms with Gasteiger partial charge in [-0.3, -0.25) is 4.79 Å². The summed E-state index contributed by atoms with van der Waals surface area (Å²) in [5.41, 5.74) is 6.29. The smallest absolute Gasteiger partial charge is 0.241 e. The van der Waals surface area contributed by atoms with Crippen molar-refractivity contribution in [3.63, 3.8) is 0 Å². The Morgan fingerprint density at radius 3 is 2.67 bits per heavy atom. The summed E-state index contributed by atoms with van der Waals surface area (Å²) in [7, 11) is 1.56. The number of hydrogen-bond acceptors (Lipinski definition) is 4. The van der Waals surface area contributed by atoms with E-state index in [4.69, 9.17) is 15.2 Å². The summed E-state index contributed by atoms with van der Waals surface area (Å²) in [6, 6.07) is 4.73. The van der Waals surface area contributed by atoms with Crippen molar-refractivity contribution >= 4 is 11.6 Å². The Kier molecular flexibility index (Phi) is 5.45. The molecule has 3 N–H and O–H groups in total. The Hall–Kier alpha value is -1.75. The number of carbonyl (C=O) groups is 1. The fourth-order valence-corrected chi connectivity index (χ4v) is 1.44. The van der Waals surface area contributed by atoms with Crippen molar-refractivity contribution in [2.24, 2.45) is 5.73 Å². The lowest BCUT2D eigenvalue weighted by atomic mass is 10.2. The summed E-state index contributed by atoms with van der Waals surface area (Å²) in [6.07, 6.45) is 0.597. The van der Waals surface area contributed by atoms with Crippen LogP contribution in [0.15, 0.2) is 18.2 Å². The highest BCUT2D eigenvalue weighted by Crippen LogP contribution is 2.30. The number of carbonyl (C=O) groups excluding carboxylic acids is 1. The van der Waals surface area contributed by atoms with Crippen LogP contribution in [0.3, 0.4) is 0 Å². The maximum absolute atomic E-state index is 11.6. The molecule has 0 aliphatic carbocycles. The van der Waals surface area contributed by atoms with Crippen LogP contribution >= 0.6 is 0 Å². The van der Waals surface area contributed by atoms with Gasteiger partial charge in [0, 0.05) is 11.8 Å². The van der Waals surface area contributed by atoms with Crippen LogP contribution in [-0.4, -0.2) is 25.7 Å². The number of ether oxygens (including phenoxy) is 2. The number of methoxy groups -OCH3 is 1. The predicted molar refractivity (Wildman–Crippen MR) is 71.1 cm³/mol. The molecule has 0 saturated heterocycles. The van der Waals surface area contributed by atoms with Gasteiger partial charge in [-0.1, -0.05) is 6.92 Å². The van der Waals surface area contributed by atoms with Crippen LogP contribution in [0.25, 0.3) is 0 Å². The van der Waals surface area contributed by atoms with Crippen LogP contribution in [0.1, 0.15) is 20.3 Å². The quantitative estimate of drug-likeness (QED) is 0.809. The van der Waals surface area contributed by atoms with E-state index in [1.807, 2.05) is 13.8 Å². The number of amides is 1. The molecule has 18 heavy (non-hydrogen) atoms. The molecule has 0 spiro atoms. The van der Waals surface area contributed by atoms with Crippen molar-refractivity contribution < 1.29 is 14.3 Å². The van der Waals surface area contributed by atoms with E-state index in [2.05, 4.69) is 5.32 Å². The molecule has 1 amide bonds. The van der Waals surface area contributed by atoms with Crippen LogP contribution < -0.4 is 20.5 Å². The molecule has 1 aromatic rings. The number of hydrogen-bond donors (Lipinski definition) is 2. The molecule has 1 rings (SSSR count). The van der Waals surface area contributed by atoms with Gasteiger partial charge in [0.15, 0.2) is 11.5 Å². The molecule has 1 unspecified atom stereocenters. The van der Waals surface area contributed by atoms with E-state index in [0.717, 1.165) is 0 Å². The van der Waals surface area contributed by atoms with Crippen LogP contribution in [-0.2, 0) is 4.79 Å². The monoisotopic (exact) mass is 252 g/mol. The third kappa shape index (κ3) is 3.63. The second kappa shape index (κ2) is 6.86. The fraction of sp³-hybridized carbons (Fsp3) is 0.462. The standard InChI is InChI=1S/C13H20N2O3/c1-4-10(14)13(16)15-9-6-7-11(18-5-2)12(8-9)17-3/h6-8,10H,4-5,14H2,1-3H3,(H,15,16). The molecular formula is C13H20N2O3. The Balaban J connectivity index is 2.82. The average Bonchev–Trinajstić information content (AvgIpc) is 2.39. The fourth-order valence-electron chi connectivity index (χ4n) is 1.44. The zero-order chi connectivity index (χ0) is 13.5. The van der Waals surface area contributed by atoms with Gasteiger partial charge in [0.05, 0.1) is 19.8 Å². The van der Waals surface area contributed by atoms with Gasteiger partial charge < -0.3 is 20.5 Å². The van der Waals surface area contributed by atoms with Gasteiger partial charge >= 0.3 is 0 Å². The van der Waals surface area contributed by atoms with E-state index in [1.165, 1.54) is 0 Å². The Labute approximate surface area is 107 Å². The van der Waals surface area contributed by atoms with Crippen LogP contribution in [0, 0.1) is 0 Å². The lowest BCUT2D eigenvalue weighted by Gasteiger charge is -2.13. The van der Waals surface area contributed by atoms with E-state index < -0.39 is 6.04 Å². The minimum absolute atomic E-state index is 0.205. The molecule has 0 heterocycles. The van der Waals surface area contributed by atoms with Gasteiger partial charge in [-0.25, -0.2) is 0 Å². The summed E-state index contributed by atoms with van der Waals surface area (Å²) < 4.78 is 10.6. The molecule has 0 bridgehead atoms. The largest absolute Gasteiger partial charge is 0.493 e. The topological polar surface area (TPSA) is 73.6 Å². The van der Waals surface area contributed by atoms with Crippen LogP contribution in [0.4, 0.5) is 5.69 Å². The predicted octanol–water partition coefficient (Wildman–Crippen LogP) is 1.77. The lowest BCUT2D eigenvalue weighted by Crippen LogP contribution is -2.34. The summed E-state index contributed by atoms with van der Waals surface area (Å²) in [4.78, 5) is 11.6. The highest BCUT2D eigenvalue weighted by atomic mass is 16.5. The summed E-state index contributed by atoms with van der Waals surface area (Å²) in [5, 5.41) is 2.74. The Morgan fingerprint density at radius 2 is 2.11 bits per heavy atom. The van der Waals surface area contributed by atoms with Crippen molar-refractivity contribution in [3.05, 3.63) is 18.2 Å². The molecule has 0 aliphatic rings. The second-order valence-corrected chi connectivity index (χ2v) is 3.80. The second-order valence-electron chi connectivity index (χ2n) is 3.80. The molecule has 0 radical (unpaired) electrons.